The van der Waals surface area contributed by atoms with Crippen LogP contribution in [0.15, 0.2) is 73.1 Å². The molecule has 0 radical (unpaired) electrons. The molecule has 0 atom stereocenters. The van der Waals surface area contributed by atoms with Crippen LogP contribution >= 0.6 is 0 Å². The molecular formula is C20H14FN3O. The van der Waals surface area contributed by atoms with Gasteiger partial charge in [-0.1, -0.05) is 12.1 Å². The van der Waals surface area contributed by atoms with Gasteiger partial charge in [-0.05, 0) is 54.1 Å². The van der Waals surface area contributed by atoms with Crippen LogP contribution in [0.1, 0.15) is 10.4 Å². The van der Waals surface area contributed by atoms with Crippen LogP contribution in [0.3, 0.4) is 0 Å². The second-order valence-electron chi connectivity index (χ2n) is 5.68. The molecule has 2 heterocycles. The molecule has 122 valence electrons. The van der Waals surface area contributed by atoms with Crippen molar-refractivity contribution < 1.29 is 9.18 Å². The van der Waals surface area contributed by atoms with Gasteiger partial charge >= 0.3 is 0 Å². The number of aromatic amines is 1. The van der Waals surface area contributed by atoms with E-state index in [0.717, 1.165) is 22.2 Å². The zero-order valence-electron chi connectivity index (χ0n) is 13.2. The van der Waals surface area contributed by atoms with Crippen LogP contribution in [-0.4, -0.2) is 15.9 Å². The minimum atomic E-state index is -0.257. The number of nitrogens with zero attached hydrogens (tertiary/aromatic N) is 1. The minimum absolute atomic E-state index is 0.184. The number of benzene rings is 2. The first kappa shape index (κ1) is 15.1. The number of hydrogen-bond acceptors (Lipinski definition) is 2. The topological polar surface area (TPSA) is 57.8 Å². The number of hydrogen-bond donors (Lipinski definition) is 2. The van der Waals surface area contributed by atoms with Gasteiger partial charge in [-0.3, -0.25) is 9.78 Å². The Morgan fingerprint density at radius 2 is 1.72 bits per heavy atom. The van der Waals surface area contributed by atoms with Gasteiger partial charge in [-0.2, -0.15) is 0 Å². The van der Waals surface area contributed by atoms with E-state index < -0.39 is 0 Å². The van der Waals surface area contributed by atoms with E-state index >= 15 is 0 Å². The average Bonchev–Trinajstić information content (AvgIpc) is 3.06. The molecule has 0 saturated carbocycles. The predicted octanol–water partition coefficient (Wildman–Crippen LogP) is 4.62. The summed E-state index contributed by atoms with van der Waals surface area (Å²) in [7, 11) is 0. The first-order valence-corrected chi connectivity index (χ1v) is 7.79. The average molecular weight is 331 g/mol. The quantitative estimate of drug-likeness (QED) is 0.575. The zero-order chi connectivity index (χ0) is 17.2. The lowest BCUT2D eigenvalue weighted by molar-refractivity contribution is 0.102. The van der Waals surface area contributed by atoms with Gasteiger partial charge in [0.1, 0.15) is 5.82 Å². The van der Waals surface area contributed by atoms with Crippen molar-refractivity contribution in [3.05, 3.63) is 84.4 Å². The lowest BCUT2D eigenvalue weighted by Gasteiger charge is -2.06. The van der Waals surface area contributed by atoms with Gasteiger partial charge < -0.3 is 10.3 Å². The second kappa shape index (κ2) is 6.20. The smallest absolute Gasteiger partial charge is 0.255 e. The normalized spacial score (nSPS) is 10.8. The third-order valence-electron chi connectivity index (χ3n) is 3.98. The Morgan fingerprint density at radius 1 is 0.960 bits per heavy atom. The van der Waals surface area contributed by atoms with Crippen molar-refractivity contribution in [1.82, 2.24) is 9.97 Å². The van der Waals surface area contributed by atoms with Crippen LogP contribution in [-0.2, 0) is 0 Å². The molecule has 2 aromatic carbocycles. The number of amides is 1. The van der Waals surface area contributed by atoms with E-state index in [9.17, 15) is 9.18 Å². The number of rotatable bonds is 3. The SMILES string of the molecule is O=C(Nc1ccc(-c2cc3cc(F)ccc3[nH]2)cc1)c1ccncc1. The number of H-pyrrole nitrogens is 1. The first-order valence-electron chi connectivity index (χ1n) is 7.79. The van der Waals surface area contributed by atoms with E-state index in [4.69, 9.17) is 0 Å². The Morgan fingerprint density at radius 3 is 2.48 bits per heavy atom. The molecule has 0 aliphatic heterocycles. The van der Waals surface area contributed by atoms with Crippen LogP contribution in [0.5, 0.6) is 0 Å². The Hall–Kier alpha value is -3.47. The zero-order valence-corrected chi connectivity index (χ0v) is 13.2. The molecule has 1 amide bonds. The van der Waals surface area contributed by atoms with Crippen molar-refractivity contribution in [3.8, 4) is 11.3 Å². The highest BCUT2D eigenvalue weighted by atomic mass is 19.1. The Bertz CT molecular complexity index is 1040. The number of fused-ring (bicyclic) bond motifs is 1. The van der Waals surface area contributed by atoms with Crippen LogP contribution < -0.4 is 5.32 Å². The highest BCUT2D eigenvalue weighted by molar-refractivity contribution is 6.04. The van der Waals surface area contributed by atoms with Gasteiger partial charge in [-0.25, -0.2) is 4.39 Å². The van der Waals surface area contributed by atoms with E-state index in [0.29, 0.717) is 11.3 Å². The molecule has 0 aliphatic rings. The maximum absolute atomic E-state index is 13.3. The summed E-state index contributed by atoms with van der Waals surface area (Å²) < 4.78 is 13.3. The lowest BCUT2D eigenvalue weighted by atomic mass is 10.1. The summed E-state index contributed by atoms with van der Waals surface area (Å²) in [5, 5.41) is 3.67. The van der Waals surface area contributed by atoms with Gasteiger partial charge in [-0.15, -0.1) is 0 Å². The van der Waals surface area contributed by atoms with Crippen molar-refractivity contribution >= 4 is 22.5 Å². The Labute approximate surface area is 143 Å². The van der Waals surface area contributed by atoms with Crippen molar-refractivity contribution in [2.45, 2.75) is 0 Å². The monoisotopic (exact) mass is 331 g/mol. The van der Waals surface area contributed by atoms with Crippen molar-refractivity contribution in [1.29, 1.82) is 0 Å². The van der Waals surface area contributed by atoms with Gasteiger partial charge in [0.25, 0.3) is 5.91 Å². The van der Waals surface area contributed by atoms with Crippen molar-refractivity contribution in [2.24, 2.45) is 0 Å². The van der Waals surface area contributed by atoms with Crippen LogP contribution in [0, 0.1) is 5.82 Å². The molecular weight excluding hydrogens is 317 g/mol. The van der Waals surface area contributed by atoms with Crippen LogP contribution in [0.4, 0.5) is 10.1 Å². The number of pyridine rings is 1. The molecule has 4 nitrogen and oxygen atoms in total. The molecule has 2 N–H and O–H groups in total. The minimum Gasteiger partial charge on any atom is -0.355 e. The van der Waals surface area contributed by atoms with Gasteiger partial charge in [0.15, 0.2) is 0 Å². The molecule has 4 aromatic rings. The van der Waals surface area contributed by atoms with Crippen LogP contribution in [0.2, 0.25) is 0 Å². The first-order chi connectivity index (χ1) is 12.2. The molecule has 4 rings (SSSR count). The maximum atomic E-state index is 13.3. The number of halogens is 1. The summed E-state index contributed by atoms with van der Waals surface area (Å²) in [5.41, 5.74) is 3.99. The van der Waals surface area contributed by atoms with E-state index in [1.165, 1.54) is 12.1 Å². The molecule has 0 unspecified atom stereocenters. The summed E-state index contributed by atoms with van der Waals surface area (Å²) in [5.74, 6) is -0.441. The van der Waals surface area contributed by atoms with E-state index in [2.05, 4.69) is 15.3 Å². The third kappa shape index (κ3) is 3.12. The van der Waals surface area contributed by atoms with Crippen molar-refractivity contribution in [3.63, 3.8) is 0 Å². The molecule has 0 bridgehead atoms. The van der Waals surface area contributed by atoms with E-state index in [-0.39, 0.29) is 11.7 Å². The molecule has 0 saturated heterocycles. The van der Waals surface area contributed by atoms with Crippen molar-refractivity contribution in [2.75, 3.05) is 5.32 Å². The molecule has 5 heteroatoms. The summed E-state index contributed by atoms with van der Waals surface area (Å²) >= 11 is 0. The van der Waals surface area contributed by atoms with Gasteiger partial charge in [0, 0.05) is 40.2 Å². The van der Waals surface area contributed by atoms with Crippen LogP contribution in [0.25, 0.3) is 22.2 Å². The fourth-order valence-electron chi connectivity index (χ4n) is 2.70. The number of aromatic nitrogens is 2. The second-order valence-corrected chi connectivity index (χ2v) is 5.68. The predicted molar refractivity (Wildman–Crippen MR) is 95.9 cm³/mol. The molecule has 25 heavy (non-hydrogen) atoms. The van der Waals surface area contributed by atoms with E-state index in [1.807, 2.05) is 30.3 Å². The highest BCUT2D eigenvalue weighted by Crippen LogP contribution is 2.26. The summed E-state index contributed by atoms with van der Waals surface area (Å²) in [4.78, 5) is 19.3. The molecule has 0 spiro atoms. The third-order valence-corrected chi connectivity index (χ3v) is 3.98. The summed E-state index contributed by atoms with van der Waals surface area (Å²) in [6.45, 7) is 0. The van der Waals surface area contributed by atoms with E-state index in [1.54, 1.807) is 30.6 Å². The lowest BCUT2D eigenvalue weighted by Crippen LogP contribution is -2.11. The van der Waals surface area contributed by atoms with Gasteiger partial charge in [0.05, 0.1) is 0 Å². The fourth-order valence-corrected chi connectivity index (χ4v) is 2.70. The number of anilines is 1. The number of nitrogens with one attached hydrogen (secondary N) is 2. The Balaban J connectivity index is 1.56. The summed E-state index contributed by atoms with van der Waals surface area (Å²) in [6.07, 6.45) is 3.16. The number of carbonyl (C=O) groups is 1. The Kier molecular flexibility index (Phi) is 3.74. The molecule has 0 fully saturated rings. The molecule has 0 aliphatic carbocycles. The standard InChI is InChI=1S/C20H14FN3O/c21-16-3-6-18-15(11-16)12-19(24-18)13-1-4-17(5-2-13)23-20(25)14-7-9-22-10-8-14/h1-12,24H,(H,23,25). The largest absolute Gasteiger partial charge is 0.355 e. The highest BCUT2D eigenvalue weighted by Gasteiger charge is 2.07. The molecule has 2 aromatic heterocycles. The number of carbonyl (C=O) groups excluding carboxylic acids is 1. The summed E-state index contributed by atoms with van der Waals surface area (Å²) in [6, 6.07) is 17.4. The maximum Gasteiger partial charge on any atom is 0.255 e. The van der Waals surface area contributed by atoms with Gasteiger partial charge in [0.2, 0.25) is 0 Å². The fraction of sp³-hybridized carbons (Fsp3) is 0.